The van der Waals surface area contributed by atoms with Crippen LogP contribution in [-0.2, 0) is 9.59 Å². The molecule has 6 heteroatoms. The zero-order valence-electron chi connectivity index (χ0n) is 9.14. The van der Waals surface area contributed by atoms with Gasteiger partial charge in [-0.05, 0) is 18.2 Å². The molecule has 17 heavy (non-hydrogen) atoms. The highest BCUT2D eigenvalue weighted by molar-refractivity contribution is 8.00. The van der Waals surface area contributed by atoms with Crippen LogP contribution in [0.2, 0.25) is 5.02 Å². The Morgan fingerprint density at radius 3 is 2.76 bits per heavy atom. The molecule has 1 heterocycles. The summed E-state index contributed by atoms with van der Waals surface area (Å²) >= 11 is 7.15. The van der Waals surface area contributed by atoms with Gasteiger partial charge in [0.15, 0.2) is 0 Å². The first-order valence-electron chi connectivity index (χ1n) is 5.01. The Bertz CT molecular complexity index is 492. The molecule has 0 bridgehead atoms. The Hall–Kier alpha value is -1.20. The maximum absolute atomic E-state index is 11.7. The van der Waals surface area contributed by atoms with Gasteiger partial charge in [0.1, 0.15) is 0 Å². The second-order valence-electron chi connectivity index (χ2n) is 3.78. The molecule has 2 rings (SSSR count). The lowest BCUT2D eigenvalue weighted by atomic mass is 10.3. The van der Waals surface area contributed by atoms with E-state index >= 15 is 0 Å². The third-order valence-electron chi connectivity index (χ3n) is 2.58. The zero-order chi connectivity index (χ0) is 12.6. The minimum absolute atomic E-state index is 0.159. The fraction of sp³-hybridized carbons (Fsp3) is 0.273. The number of nitrogens with zero attached hydrogens (tertiary/aromatic N) is 1. The lowest BCUT2D eigenvalue weighted by molar-refractivity contribution is -0.136. The highest BCUT2D eigenvalue weighted by Gasteiger charge is 2.36. The van der Waals surface area contributed by atoms with Crippen LogP contribution in [0.15, 0.2) is 23.1 Å². The number of carbonyl (C=O) groups is 2. The summed E-state index contributed by atoms with van der Waals surface area (Å²) in [5.74, 6) is -0.340. The number of nitrogen functional groups attached to an aromatic ring is 1. The smallest absolute Gasteiger partial charge is 0.242 e. The predicted molar refractivity (Wildman–Crippen MR) is 67.9 cm³/mol. The molecular formula is C11H11ClN2O2S. The summed E-state index contributed by atoms with van der Waals surface area (Å²) in [6.07, 6.45) is 0.214. The van der Waals surface area contributed by atoms with E-state index in [1.54, 1.807) is 18.2 Å². The van der Waals surface area contributed by atoms with Crippen LogP contribution in [0.5, 0.6) is 0 Å². The van der Waals surface area contributed by atoms with E-state index in [9.17, 15) is 9.59 Å². The molecule has 1 fully saturated rings. The maximum atomic E-state index is 11.7. The molecule has 2 amide bonds. The van der Waals surface area contributed by atoms with Crippen molar-refractivity contribution >= 4 is 40.9 Å². The van der Waals surface area contributed by atoms with Crippen molar-refractivity contribution in [3.63, 3.8) is 0 Å². The average molecular weight is 271 g/mol. The van der Waals surface area contributed by atoms with E-state index in [-0.39, 0.29) is 18.2 Å². The largest absolute Gasteiger partial charge is 0.398 e. The van der Waals surface area contributed by atoms with Crippen molar-refractivity contribution in [3.8, 4) is 0 Å². The molecule has 0 aromatic heterocycles. The molecule has 0 spiro atoms. The third-order valence-corrected chi connectivity index (χ3v) is 4.08. The minimum atomic E-state index is -0.395. The summed E-state index contributed by atoms with van der Waals surface area (Å²) in [4.78, 5) is 25.0. The number of hydrogen-bond donors (Lipinski definition) is 1. The van der Waals surface area contributed by atoms with Crippen LogP contribution in [0.25, 0.3) is 0 Å². The van der Waals surface area contributed by atoms with Gasteiger partial charge in [0.25, 0.3) is 0 Å². The number of imide groups is 1. The van der Waals surface area contributed by atoms with Crippen molar-refractivity contribution in [2.45, 2.75) is 16.6 Å². The molecule has 1 aliphatic rings. The summed E-state index contributed by atoms with van der Waals surface area (Å²) in [6, 6.07) is 5.09. The molecule has 2 N–H and O–H groups in total. The normalized spacial score (nSPS) is 20.1. The van der Waals surface area contributed by atoms with Gasteiger partial charge < -0.3 is 5.73 Å². The first kappa shape index (κ1) is 12.3. The van der Waals surface area contributed by atoms with Crippen LogP contribution < -0.4 is 5.73 Å². The number of rotatable bonds is 2. The zero-order valence-corrected chi connectivity index (χ0v) is 10.7. The number of halogens is 1. The number of thioether (sulfide) groups is 1. The van der Waals surface area contributed by atoms with Gasteiger partial charge in [-0.15, -0.1) is 11.8 Å². The van der Waals surface area contributed by atoms with E-state index in [2.05, 4.69) is 0 Å². The van der Waals surface area contributed by atoms with E-state index in [4.69, 9.17) is 17.3 Å². The van der Waals surface area contributed by atoms with Gasteiger partial charge >= 0.3 is 0 Å². The Kier molecular flexibility index (Phi) is 3.31. The lowest BCUT2D eigenvalue weighted by Crippen LogP contribution is -2.26. The van der Waals surface area contributed by atoms with E-state index in [0.29, 0.717) is 10.7 Å². The number of amides is 2. The molecule has 1 aliphatic heterocycles. The fourth-order valence-electron chi connectivity index (χ4n) is 1.58. The van der Waals surface area contributed by atoms with Gasteiger partial charge in [0.05, 0.1) is 5.25 Å². The number of likely N-dealkylation sites (tertiary alicyclic amines) is 1. The first-order valence-corrected chi connectivity index (χ1v) is 6.27. The number of benzene rings is 1. The second-order valence-corrected chi connectivity index (χ2v) is 5.46. The molecule has 0 aliphatic carbocycles. The van der Waals surface area contributed by atoms with Crippen LogP contribution in [-0.4, -0.2) is 29.0 Å². The van der Waals surface area contributed by atoms with E-state index in [1.165, 1.54) is 18.8 Å². The van der Waals surface area contributed by atoms with Gasteiger partial charge in [-0.2, -0.15) is 0 Å². The first-order chi connectivity index (χ1) is 7.99. The Morgan fingerprint density at radius 1 is 1.47 bits per heavy atom. The van der Waals surface area contributed by atoms with Gasteiger partial charge in [0, 0.05) is 29.1 Å². The third kappa shape index (κ3) is 2.40. The number of anilines is 1. The SMILES string of the molecule is CN1C(=O)CC(Sc2cc(Cl)ccc2N)C1=O. The molecule has 1 aromatic rings. The van der Waals surface area contributed by atoms with Crippen molar-refractivity contribution < 1.29 is 9.59 Å². The summed E-state index contributed by atoms with van der Waals surface area (Å²) in [5, 5.41) is 0.167. The van der Waals surface area contributed by atoms with Gasteiger partial charge in [-0.1, -0.05) is 11.6 Å². The quantitative estimate of drug-likeness (QED) is 0.657. The molecule has 1 atom stereocenters. The monoisotopic (exact) mass is 270 g/mol. The highest BCUT2D eigenvalue weighted by Crippen LogP contribution is 2.35. The number of hydrogen-bond acceptors (Lipinski definition) is 4. The summed E-state index contributed by atoms with van der Waals surface area (Å²) in [6.45, 7) is 0. The Morgan fingerprint density at radius 2 is 2.18 bits per heavy atom. The Labute approximate surface area is 108 Å². The molecule has 1 unspecified atom stereocenters. The maximum Gasteiger partial charge on any atom is 0.242 e. The molecule has 1 saturated heterocycles. The van der Waals surface area contributed by atoms with E-state index < -0.39 is 5.25 Å². The van der Waals surface area contributed by atoms with E-state index in [0.717, 1.165) is 9.80 Å². The molecule has 0 saturated carbocycles. The average Bonchev–Trinajstić information content (AvgIpc) is 2.52. The van der Waals surface area contributed by atoms with E-state index in [1.807, 2.05) is 0 Å². The van der Waals surface area contributed by atoms with Crippen LogP contribution in [0.4, 0.5) is 5.69 Å². The minimum Gasteiger partial charge on any atom is -0.398 e. The van der Waals surface area contributed by atoms with Gasteiger partial charge in [-0.3, -0.25) is 14.5 Å². The van der Waals surface area contributed by atoms with Crippen molar-refractivity contribution in [2.24, 2.45) is 0 Å². The second kappa shape index (κ2) is 4.58. The predicted octanol–water partition coefficient (Wildman–Crippen LogP) is 1.77. The molecular weight excluding hydrogens is 260 g/mol. The molecule has 90 valence electrons. The lowest BCUT2D eigenvalue weighted by Gasteiger charge is -2.10. The van der Waals surface area contributed by atoms with Crippen molar-refractivity contribution in [2.75, 3.05) is 12.8 Å². The van der Waals surface area contributed by atoms with Crippen LogP contribution in [0.3, 0.4) is 0 Å². The molecule has 0 radical (unpaired) electrons. The molecule has 4 nitrogen and oxygen atoms in total. The summed E-state index contributed by atoms with van der Waals surface area (Å²) in [7, 11) is 1.49. The summed E-state index contributed by atoms with van der Waals surface area (Å²) < 4.78 is 0. The molecule has 1 aromatic carbocycles. The van der Waals surface area contributed by atoms with Crippen LogP contribution >= 0.6 is 23.4 Å². The van der Waals surface area contributed by atoms with Crippen LogP contribution in [0, 0.1) is 0 Å². The highest BCUT2D eigenvalue weighted by atomic mass is 35.5. The van der Waals surface area contributed by atoms with Crippen LogP contribution in [0.1, 0.15) is 6.42 Å². The number of carbonyl (C=O) groups excluding carboxylic acids is 2. The van der Waals surface area contributed by atoms with Crippen molar-refractivity contribution in [3.05, 3.63) is 23.2 Å². The number of nitrogens with two attached hydrogens (primary N) is 1. The van der Waals surface area contributed by atoms with Gasteiger partial charge in [-0.25, -0.2) is 0 Å². The topological polar surface area (TPSA) is 63.4 Å². The Balaban J connectivity index is 2.19. The van der Waals surface area contributed by atoms with Gasteiger partial charge in [0.2, 0.25) is 11.8 Å². The van der Waals surface area contributed by atoms with Crippen molar-refractivity contribution in [1.82, 2.24) is 4.90 Å². The summed E-state index contributed by atoms with van der Waals surface area (Å²) in [5.41, 5.74) is 6.36. The standard InChI is InChI=1S/C11H11ClN2O2S/c1-14-10(15)5-9(11(14)16)17-8-4-6(12)2-3-7(8)13/h2-4,9H,5,13H2,1H3. The fourth-order valence-corrected chi connectivity index (χ4v) is 3.00. The van der Waals surface area contributed by atoms with Crippen molar-refractivity contribution in [1.29, 1.82) is 0 Å².